The topological polar surface area (TPSA) is 73.2 Å². The standard InChI is InChI=1S/C22H29N3O3S/c1-13-14(12-23-25(13)5)7-10-18(26)24-20-19(21(27)28-6)16-9-8-15(22(2,3)4)11-17(16)29-20/h7,10,12,15H,8-9,11H2,1-6H3,(H,24,26)/b10-7+. The molecular formula is C22H29N3O3S. The van der Waals surface area contributed by atoms with Gasteiger partial charge in [-0.1, -0.05) is 20.8 Å². The fraction of sp³-hybridized carbons (Fsp3) is 0.500. The molecule has 29 heavy (non-hydrogen) atoms. The molecule has 0 spiro atoms. The van der Waals surface area contributed by atoms with Crippen molar-refractivity contribution < 1.29 is 14.3 Å². The Morgan fingerprint density at radius 1 is 1.38 bits per heavy atom. The second-order valence-electron chi connectivity index (χ2n) is 8.64. The molecule has 3 rings (SSSR count). The first-order chi connectivity index (χ1) is 13.6. The number of anilines is 1. The second kappa shape index (κ2) is 8.14. The Morgan fingerprint density at radius 3 is 2.69 bits per heavy atom. The molecule has 1 aliphatic carbocycles. The third-order valence-corrected chi connectivity index (χ3v) is 6.97. The smallest absolute Gasteiger partial charge is 0.341 e. The Labute approximate surface area is 176 Å². The van der Waals surface area contributed by atoms with Crippen molar-refractivity contribution in [2.75, 3.05) is 12.4 Å². The van der Waals surface area contributed by atoms with E-state index in [2.05, 4.69) is 31.2 Å². The fourth-order valence-electron chi connectivity index (χ4n) is 3.73. The number of hydrogen-bond acceptors (Lipinski definition) is 5. The SMILES string of the molecule is COC(=O)c1c(NC(=O)/C=C/c2cnn(C)c2C)sc2c1CCC(C(C)(C)C)C2. The molecule has 156 valence electrons. The highest BCUT2D eigenvalue weighted by molar-refractivity contribution is 7.17. The molecular weight excluding hydrogens is 386 g/mol. The maximum atomic E-state index is 12.5. The third kappa shape index (κ3) is 4.45. The molecule has 0 radical (unpaired) electrons. The van der Waals surface area contributed by atoms with Crippen LogP contribution in [0.15, 0.2) is 12.3 Å². The lowest BCUT2D eigenvalue weighted by Gasteiger charge is -2.33. The molecule has 6 nitrogen and oxygen atoms in total. The summed E-state index contributed by atoms with van der Waals surface area (Å²) < 4.78 is 6.77. The van der Waals surface area contributed by atoms with Gasteiger partial charge in [0, 0.05) is 29.3 Å². The van der Waals surface area contributed by atoms with Crippen molar-refractivity contribution in [2.45, 2.75) is 47.0 Å². The summed E-state index contributed by atoms with van der Waals surface area (Å²) in [7, 11) is 3.24. The number of esters is 1. The van der Waals surface area contributed by atoms with Crippen molar-refractivity contribution >= 4 is 34.3 Å². The number of thiophene rings is 1. The Balaban J connectivity index is 1.85. The number of hydrogen-bond donors (Lipinski definition) is 1. The third-order valence-electron chi connectivity index (χ3n) is 5.80. The van der Waals surface area contributed by atoms with Gasteiger partial charge in [0.25, 0.3) is 0 Å². The Bertz CT molecular complexity index is 963. The highest BCUT2D eigenvalue weighted by atomic mass is 32.1. The van der Waals surface area contributed by atoms with E-state index in [1.807, 2.05) is 14.0 Å². The van der Waals surface area contributed by atoms with Gasteiger partial charge in [0.2, 0.25) is 5.91 Å². The predicted molar refractivity (Wildman–Crippen MR) is 116 cm³/mol. The maximum absolute atomic E-state index is 12.5. The molecule has 0 fully saturated rings. The zero-order valence-electron chi connectivity index (χ0n) is 18.0. The number of carbonyl (C=O) groups excluding carboxylic acids is 2. The van der Waals surface area contributed by atoms with Crippen LogP contribution in [-0.4, -0.2) is 28.8 Å². The summed E-state index contributed by atoms with van der Waals surface area (Å²) in [5, 5.41) is 7.65. The normalized spacial score (nSPS) is 16.7. The quantitative estimate of drug-likeness (QED) is 0.594. The first-order valence-electron chi connectivity index (χ1n) is 9.82. The van der Waals surface area contributed by atoms with Gasteiger partial charge in [-0.2, -0.15) is 5.10 Å². The minimum atomic E-state index is -0.390. The summed E-state index contributed by atoms with van der Waals surface area (Å²) >= 11 is 1.50. The zero-order valence-corrected chi connectivity index (χ0v) is 18.8. The van der Waals surface area contributed by atoms with Gasteiger partial charge in [0.05, 0.1) is 18.9 Å². The van der Waals surface area contributed by atoms with Gasteiger partial charge in [-0.15, -0.1) is 11.3 Å². The van der Waals surface area contributed by atoms with Crippen LogP contribution < -0.4 is 5.32 Å². The highest BCUT2D eigenvalue weighted by Gasteiger charge is 2.34. The molecule has 1 amide bonds. The van der Waals surface area contributed by atoms with Crippen molar-refractivity contribution in [3.63, 3.8) is 0 Å². The Morgan fingerprint density at radius 2 is 2.10 bits per heavy atom. The summed E-state index contributed by atoms with van der Waals surface area (Å²) in [6.45, 7) is 8.71. The van der Waals surface area contributed by atoms with Crippen molar-refractivity contribution in [2.24, 2.45) is 18.4 Å². The lowest BCUT2D eigenvalue weighted by atomic mass is 9.72. The van der Waals surface area contributed by atoms with Gasteiger partial charge < -0.3 is 10.1 Å². The molecule has 0 saturated heterocycles. The van der Waals surface area contributed by atoms with Crippen LogP contribution in [0.5, 0.6) is 0 Å². The number of carbonyl (C=O) groups is 2. The number of methoxy groups -OCH3 is 1. The predicted octanol–water partition coefficient (Wildman–Crippen LogP) is 4.38. The van der Waals surface area contributed by atoms with Gasteiger partial charge in [-0.05, 0) is 49.2 Å². The largest absolute Gasteiger partial charge is 0.465 e. The first kappa shape index (κ1) is 21.3. The van der Waals surface area contributed by atoms with Crippen molar-refractivity contribution in [1.82, 2.24) is 9.78 Å². The fourth-order valence-corrected chi connectivity index (χ4v) is 5.05. The average molecular weight is 416 g/mol. The minimum Gasteiger partial charge on any atom is -0.465 e. The van der Waals surface area contributed by atoms with Gasteiger partial charge in [0.1, 0.15) is 5.00 Å². The highest BCUT2D eigenvalue weighted by Crippen LogP contribution is 2.44. The number of fused-ring (bicyclic) bond motifs is 1. The second-order valence-corrected chi connectivity index (χ2v) is 9.74. The Kier molecular flexibility index (Phi) is 5.98. The molecule has 2 heterocycles. The van der Waals surface area contributed by atoms with Gasteiger partial charge >= 0.3 is 5.97 Å². The van der Waals surface area contributed by atoms with E-state index in [1.165, 1.54) is 29.4 Å². The lowest BCUT2D eigenvalue weighted by Crippen LogP contribution is -2.26. The molecule has 0 bridgehead atoms. The molecule has 0 aliphatic heterocycles. The zero-order chi connectivity index (χ0) is 21.3. The van der Waals surface area contributed by atoms with Gasteiger partial charge in [0.15, 0.2) is 0 Å². The average Bonchev–Trinajstić information content (AvgIpc) is 3.18. The van der Waals surface area contributed by atoms with Crippen LogP contribution in [0.25, 0.3) is 6.08 Å². The van der Waals surface area contributed by atoms with Crippen LogP contribution in [-0.2, 0) is 29.4 Å². The molecule has 1 atom stereocenters. The summed E-state index contributed by atoms with van der Waals surface area (Å²) in [5.74, 6) is -0.111. The number of nitrogens with zero attached hydrogens (tertiary/aromatic N) is 2. The monoisotopic (exact) mass is 415 g/mol. The van der Waals surface area contributed by atoms with Crippen molar-refractivity contribution in [3.8, 4) is 0 Å². The van der Waals surface area contributed by atoms with E-state index in [0.717, 1.165) is 36.1 Å². The summed E-state index contributed by atoms with van der Waals surface area (Å²) in [6, 6.07) is 0. The van der Waals surface area contributed by atoms with E-state index in [9.17, 15) is 9.59 Å². The molecule has 7 heteroatoms. The van der Waals surface area contributed by atoms with E-state index in [0.29, 0.717) is 16.5 Å². The number of amides is 1. The maximum Gasteiger partial charge on any atom is 0.341 e. The van der Waals surface area contributed by atoms with Crippen LogP contribution in [0.3, 0.4) is 0 Å². The molecule has 0 aromatic carbocycles. The molecule has 2 aromatic heterocycles. The summed E-state index contributed by atoms with van der Waals surface area (Å²) in [4.78, 5) is 26.2. The number of aromatic nitrogens is 2. The van der Waals surface area contributed by atoms with Gasteiger partial charge in [-0.3, -0.25) is 9.48 Å². The van der Waals surface area contributed by atoms with Crippen LogP contribution in [0, 0.1) is 18.3 Å². The molecule has 1 unspecified atom stereocenters. The van der Waals surface area contributed by atoms with E-state index in [1.54, 1.807) is 17.0 Å². The number of rotatable bonds is 4. The summed E-state index contributed by atoms with van der Waals surface area (Å²) in [5.41, 5.74) is 3.61. The van der Waals surface area contributed by atoms with E-state index in [4.69, 9.17) is 4.74 Å². The summed E-state index contributed by atoms with van der Waals surface area (Å²) in [6.07, 6.45) is 7.72. The first-order valence-corrected chi connectivity index (χ1v) is 10.6. The number of ether oxygens (including phenoxy) is 1. The van der Waals surface area contributed by atoms with Crippen molar-refractivity contribution in [3.05, 3.63) is 39.5 Å². The molecule has 2 aromatic rings. The molecule has 1 N–H and O–H groups in total. The van der Waals surface area contributed by atoms with E-state index in [-0.39, 0.29) is 17.3 Å². The molecule has 0 saturated carbocycles. The van der Waals surface area contributed by atoms with E-state index >= 15 is 0 Å². The minimum absolute atomic E-state index is 0.209. The van der Waals surface area contributed by atoms with Crippen molar-refractivity contribution in [1.29, 1.82) is 0 Å². The van der Waals surface area contributed by atoms with Gasteiger partial charge in [-0.25, -0.2) is 4.79 Å². The van der Waals surface area contributed by atoms with Crippen LogP contribution >= 0.6 is 11.3 Å². The Hall–Kier alpha value is -2.41. The number of nitrogens with one attached hydrogen (secondary N) is 1. The molecule has 1 aliphatic rings. The van der Waals surface area contributed by atoms with Crippen LogP contribution in [0.2, 0.25) is 0 Å². The van der Waals surface area contributed by atoms with E-state index < -0.39 is 0 Å². The van der Waals surface area contributed by atoms with Crippen LogP contribution in [0.4, 0.5) is 5.00 Å². The number of aryl methyl sites for hydroxylation is 1. The lowest BCUT2D eigenvalue weighted by molar-refractivity contribution is -0.111. The van der Waals surface area contributed by atoms with Crippen LogP contribution in [0.1, 0.15) is 59.2 Å².